The molecule has 0 saturated carbocycles. The number of rotatable bonds is 5. The van der Waals surface area contributed by atoms with E-state index in [9.17, 15) is 4.79 Å². The molecule has 0 saturated heterocycles. The Bertz CT molecular complexity index is 185. The second-order valence-corrected chi connectivity index (χ2v) is 3.42. The number of aliphatic hydroxyl groups is 1. The average molecular weight is 186 g/mol. The van der Waals surface area contributed by atoms with Crippen molar-refractivity contribution in [1.29, 1.82) is 0 Å². The Morgan fingerprint density at radius 1 is 1.46 bits per heavy atom. The molecular weight excluding hydrogens is 168 g/mol. The van der Waals surface area contributed by atoms with E-state index in [1.807, 2.05) is 6.92 Å². The Kier molecular flexibility index (Phi) is 5.39. The van der Waals surface area contributed by atoms with Crippen LogP contribution in [-0.2, 0) is 9.53 Å². The van der Waals surface area contributed by atoms with Crippen molar-refractivity contribution in [3.63, 3.8) is 0 Å². The van der Waals surface area contributed by atoms with E-state index >= 15 is 0 Å². The summed E-state index contributed by atoms with van der Waals surface area (Å²) < 4.78 is 5.01. The summed E-state index contributed by atoms with van der Waals surface area (Å²) >= 11 is 0. The van der Waals surface area contributed by atoms with Gasteiger partial charge in [0.2, 0.25) is 0 Å². The Balaban J connectivity index is 3.68. The van der Waals surface area contributed by atoms with Crippen LogP contribution in [-0.4, -0.2) is 23.3 Å². The first-order valence-corrected chi connectivity index (χ1v) is 4.48. The smallest absolute Gasteiger partial charge is 0.333 e. The number of aliphatic hydroxyl groups excluding tert-OH is 1. The molecule has 2 atom stereocenters. The molecule has 3 nitrogen and oxygen atoms in total. The van der Waals surface area contributed by atoms with E-state index in [1.165, 1.54) is 0 Å². The summed E-state index contributed by atoms with van der Waals surface area (Å²) in [6.07, 6.45) is 0.825. The highest BCUT2D eigenvalue weighted by Crippen LogP contribution is 2.06. The van der Waals surface area contributed by atoms with E-state index in [1.54, 1.807) is 13.8 Å². The molecular formula is C10H18O3. The van der Waals surface area contributed by atoms with E-state index in [0.29, 0.717) is 18.4 Å². The molecule has 0 radical (unpaired) electrons. The lowest BCUT2D eigenvalue weighted by molar-refractivity contribution is -0.143. The minimum absolute atomic E-state index is 0.154. The van der Waals surface area contributed by atoms with E-state index in [4.69, 9.17) is 9.84 Å². The van der Waals surface area contributed by atoms with Crippen LogP contribution in [0.25, 0.3) is 0 Å². The van der Waals surface area contributed by atoms with Crippen LogP contribution in [0.3, 0.4) is 0 Å². The summed E-state index contributed by atoms with van der Waals surface area (Å²) in [6, 6.07) is 0. The summed E-state index contributed by atoms with van der Waals surface area (Å²) in [4.78, 5) is 11.0. The molecule has 3 heteroatoms. The van der Waals surface area contributed by atoms with Gasteiger partial charge in [-0.25, -0.2) is 4.79 Å². The van der Waals surface area contributed by atoms with Gasteiger partial charge in [0.05, 0.1) is 12.2 Å². The van der Waals surface area contributed by atoms with E-state index in [0.717, 1.165) is 0 Å². The van der Waals surface area contributed by atoms with Crippen LogP contribution >= 0.6 is 0 Å². The fourth-order valence-corrected chi connectivity index (χ4v) is 0.818. The van der Waals surface area contributed by atoms with Gasteiger partial charge in [0, 0.05) is 5.57 Å². The standard InChI is InChI=1S/C10H18O3/c1-7(2)10(12)13-9(4)6-5-8(3)11/h8-9,11H,1,5-6H2,2-4H3. The van der Waals surface area contributed by atoms with Crippen molar-refractivity contribution in [2.24, 2.45) is 0 Å². The molecule has 0 bridgehead atoms. The topological polar surface area (TPSA) is 46.5 Å². The lowest BCUT2D eigenvalue weighted by Crippen LogP contribution is -2.16. The largest absolute Gasteiger partial charge is 0.459 e. The predicted octanol–water partition coefficient (Wildman–Crippen LogP) is 1.66. The second kappa shape index (κ2) is 5.75. The molecule has 0 aromatic heterocycles. The Morgan fingerprint density at radius 3 is 2.38 bits per heavy atom. The van der Waals surface area contributed by atoms with Crippen LogP contribution in [0.4, 0.5) is 0 Å². The molecule has 0 spiro atoms. The highest BCUT2D eigenvalue weighted by Gasteiger charge is 2.10. The lowest BCUT2D eigenvalue weighted by Gasteiger charge is -2.13. The summed E-state index contributed by atoms with van der Waals surface area (Å²) in [6.45, 7) is 8.62. The van der Waals surface area contributed by atoms with Gasteiger partial charge in [-0.15, -0.1) is 0 Å². The molecule has 13 heavy (non-hydrogen) atoms. The van der Waals surface area contributed by atoms with Gasteiger partial charge in [0.15, 0.2) is 0 Å². The van der Waals surface area contributed by atoms with Gasteiger partial charge in [-0.05, 0) is 33.6 Å². The first kappa shape index (κ1) is 12.2. The van der Waals surface area contributed by atoms with Crippen LogP contribution in [0, 0.1) is 0 Å². The third-order valence-electron chi connectivity index (χ3n) is 1.65. The van der Waals surface area contributed by atoms with Gasteiger partial charge < -0.3 is 9.84 Å². The molecule has 0 aromatic carbocycles. The normalized spacial score (nSPS) is 14.8. The predicted molar refractivity (Wildman–Crippen MR) is 51.3 cm³/mol. The van der Waals surface area contributed by atoms with E-state index in [-0.39, 0.29) is 18.2 Å². The van der Waals surface area contributed by atoms with Gasteiger partial charge in [0.1, 0.15) is 0 Å². The molecule has 0 rings (SSSR count). The van der Waals surface area contributed by atoms with Crippen LogP contribution in [0.5, 0.6) is 0 Å². The number of hydrogen-bond donors (Lipinski definition) is 1. The van der Waals surface area contributed by atoms with E-state index in [2.05, 4.69) is 6.58 Å². The molecule has 0 amide bonds. The SMILES string of the molecule is C=C(C)C(=O)OC(C)CCC(C)O. The number of carbonyl (C=O) groups is 1. The molecule has 0 aliphatic heterocycles. The van der Waals surface area contributed by atoms with Crippen molar-refractivity contribution in [3.8, 4) is 0 Å². The Morgan fingerprint density at radius 2 is 2.00 bits per heavy atom. The first-order valence-electron chi connectivity index (χ1n) is 4.48. The van der Waals surface area contributed by atoms with Crippen LogP contribution in [0.1, 0.15) is 33.6 Å². The average Bonchev–Trinajstić information content (AvgIpc) is 2.00. The van der Waals surface area contributed by atoms with Crippen molar-refractivity contribution < 1.29 is 14.6 Å². The Labute approximate surface area is 79.4 Å². The number of carbonyl (C=O) groups excluding carboxylic acids is 1. The molecule has 0 aromatic rings. The fourth-order valence-electron chi connectivity index (χ4n) is 0.818. The van der Waals surface area contributed by atoms with Gasteiger partial charge >= 0.3 is 5.97 Å². The van der Waals surface area contributed by atoms with Gasteiger partial charge in [-0.1, -0.05) is 6.58 Å². The molecule has 0 aliphatic carbocycles. The summed E-state index contributed by atoms with van der Waals surface area (Å²) in [5.74, 6) is -0.363. The van der Waals surface area contributed by atoms with E-state index < -0.39 is 0 Å². The number of esters is 1. The van der Waals surface area contributed by atoms with Crippen molar-refractivity contribution in [2.75, 3.05) is 0 Å². The highest BCUT2D eigenvalue weighted by molar-refractivity contribution is 5.87. The van der Waals surface area contributed by atoms with Crippen LogP contribution in [0.15, 0.2) is 12.2 Å². The first-order chi connectivity index (χ1) is 5.93. The lowest BCUT2D eigenvalue weighted by atomic mass is 10.1. The van der Waals surface area contributed by atoms with Crippen molar-refractivity contribution in [2.45, 2.75) is 45.8 Å². The molecule has 76 valence electrons. The highest BCUT2D eigenvalue weighted by atomic mass is 16.5. The minimum Gasteiger partial charge on any atom is -0.459 e. The third-order valence-corrected chi connectivity index (χ3v) is 1.65. The third kappa shape index (κ3) is 6.34. The maximum absolute atomic E-state index is 11.0. The zero-order chi connectivity index (χ0) is 10.4. The molecule has 2 unspecified atom stereocenters. The van der Waals surface area contributed by atoms with Gasteiger partial charge in [-0.3, -0.25) is 0 Å². The van der Waals surface area contributed by atoms with Gasteiger partial charge in [-0.2, -0.15) is 0 Å². The summed E-state index contributed by atoms with van der Waals surface area (Å²) in [7, 11) is 0. The molecule has 0 heterocycles. The van der Waals surface area contributed by atoms with Crippen LogP contribution < -0.4 is 0 Å². The summed E-state index contributed by atoms with van der Waals surface area (Å²) in [5, 5.41) is 8.99. The maximum atomic E-state index is 11.0. The molecule has 0 aliphatic rings. The molecule has 0 fully saturated rings. The number of ether oxygens (including phenoxy) is 1. The second-order valence-electron chi connectivity index (χ2n) is 3.42. The van der Waals surface area contributed by atoms with Gasteiger partial charge in [0.25, 0.3) is 0 Å². The zero-order valence-electron chi connectivity index (χ0n) is 8.54. The summed E-state index contributed by atoms with van der Waals surface area (Å²) in [5.41, 5.74) is 0.406. The molecule has 1 N–H and O–H groups in total. The fraction of sp³-hybridized carbons (Fsp3) is 0.700. The Hall–Kier alpha value is -0.830. The number of hydrogen-bond acceptors (Lipinski definition) is 3. The quantitative estimate of drug-likeness (QED) is 0.524. The van der Waals surface area contributed by atoms with Crippen LogP contribution in [0.2, 0.25) is 0 Å². The van der Waals surface area contributed by atoms with Crippen molar-refractivity contribution >= 4 is 5.97 Å². The van der Waals surface area contributed by atoms with Crippen molar-refractivity contribution in [3.05, 3.63) is 12.2 Å². The van der Waals surface area contributed by atoms with Crippen molar-refractivity contribution in [1.82, 2.24) is 0 Å². The maximum Gasteiger partial charge on any atom is 0.333 e. The zero-order valence-corrected chi connectivity index (χ0v) is 8.54. The monoisotopic (exact) mass is 186 g/mol. The minimum atomic E-state index is -0.363.